The van der Waals surface area contributed by atoms with Crippen molar-refractivity contribution < 1.29 is 34.1 Å². The first kappa shape index (κ1) is 17.3. The minimum Gasteiger partial charge on any atom is -0.504 e. The lowest BCUT2D eigenvalue weighted by Crippen LogP contribution is -2.36. The first-order valence-electron chi connectivity index (χ1n) is 7.00. The highest BCUT2D eigenvalue weighted by Gasteiger charge is 2.43. The van der Waals surface area contributed by atoms with Crippen LogP contribution >= 0.6 is 0 Å². The second-order valence-corrected chi connectivity index (χ2v) is 5.16. The summed E-state index contributed by atoms with van der Waals surface area (Å²) in [5.41, 5.74) is 0.271. The maximum Gasteiger partial charge on any atom is 0.325 e. The van der Waals surface area contributed by atoms with E-state index in [9.17, 15) is 24.6 Å². The first-order chi connectivity index (χ1) is 11.3. The fraction of sp³-hybridized carbons (Fsp3) is 0.312. The third-order valence-corrected chi connectivity index (χ3v) is 3.73. The molecule has 0 spiro atoms. The molecule has 0 fully saturated rings. The van der Waals surface area contributed by atoms with Crippen LogP contribution in [-0.2, 0) is 19.1 Å². The summed E-state index contributed by atoms with van der Waals surface area (Å²) >= 11 is 0. The van der Waals surface area contributed by atoms with E-state index >= 15 is 0 Å². The molecule has 1 aliphatic heterocycles. The van der Waals surface area contributed by atoms with E-state index in [4.69, 9.17) is 4.74 Å². The van der Waals surface area contributed by atoms with Crippen molar-refractivity contribution in [3.05, 3.63) is 35.1 Å². The molecule has 0 aromatic heterocycles. The van der Waals surface area contributed by atoms with Crippen molar-refractivity contribution in [2.45, 2.75) is 13.0 Å². The van der Waals surface area contributed by atoms with Gasteiger partial charge in [0.2, 0.25) is 0 Å². The summed E-state index contributed by atoms with van der Waals surface area (Å²) in [6.45, 7) is 0.773. The monoisotopic (exact) mass is 335 g/mol. The predicted molar refractivity (Wildman–Crippen MR) is 81.5 cm³/mol. The number of methoxy groups -OCH3 is 2. The molecule has 2 rings (SSSR count). The lowest BCUT2D eigenvalue weighted by molar-refractivity contribution is -0.146. The molecule has 1 atom stereocenters. The normalized spacial score (nSPS) is 17.2. The number of ketones is 1. The van der Waals surface area contributed by atoms with E-state index in [1.165, 1.54) is 39.3 Å². The maximum absolute atomic E-state index is 12.3. The molecular formula is C16H17NO7. The third-order valence-electron chi connectivity index (χ3n) is 3.73. The van der Waals surface area contributed by atoms with Gasteiger partial charge in [0.05, 0.1) is 25.8 Å². The van der Waals surface area contributed by atoms with E-state index in [-0.39, 0.29) is 17.1 Å². The molecule has 0 saturated carbocycles. The number of rotatable bonds is 5. The van der Waals surface area contributed by atoms with Gasteiger partial charge in [-0.2, -0.15) is 0 Å². The second kappa shape index (κ2) is 6.61. The highest BCUT2D eigenvalue weighted by Crippen LogP contribution is 2.40. The van der Waals surface area contributed by atoms with Crippen LogP contribution in [0.1, 0.15) is 18.5 Å². The quantitative estimate of drug-likeness (QED) is 0.767. The smallest absolute Gasteiger partial charge is 0.325 e. The summed E-state index contributed by atoms with van der Waals surface area (Å²) in [6.07, 6.45) is 0. The molecule has 0 radical (unpaired) electrons. The molecule has 8 heteroatoms. The molecule has 0 saturated heterocycles. The van der Waals surface area contributed by atoms with Crippen LogP contribution in [0.25, 0.3) is 0 Å². The molecule has 2 N–H and O–H groups in total. The number of esters is 1. The zero-order valence-corrected chi connectivity index (χ0v) is 13.4. The van der Waals surface area contributed by atoms with E-state index in [0.717, 1.165) is 4.90 Å². The van der Waals surface area contributed by atoms with Gasteiger partial charge in [0.15, 0.2) is 23.0 Å². The number of nitrogens with zero attached hydrogens (tertiary/aromatic N) is 1. The Balaban J connectivity index is 2.56. The van der Waals surface area contributed by atoms with Crippen LogP contribution < -0.4 is 4.74 Å². The Morgan fingerprint density at radius 3 is 2.46 bits per heavy atom. The number of carbonyl (C=O) groups is 3. The van der Waals surface area contributed by atoms with Crippen LogP contribution in [0.2, 0.25) is 0 Å². The van der Waals surface area contributed by atoms with Crippen molar-refractivity contribution >= 4 is 17.7 Å². The number of aliphatic hydroxyl groups is 1. The van der Waals surface area contributed by atoms with Crippen molar-refractivity contribution in [3.63, 3.8) is 0 Å². The number of amides is 1. The Morgan fingerprint density at radius 2 is 1.92 bits per heavy atom. The topological polar surface area (TPSA) is 113 Å². The summed E-state index contributed by atoms with van der Waals surface area (Å²) in [6, 6.07) is 3.26. The van der Waals surface area contributed by atoms with Gasteiger partial charge in [0.25, 0.3) is 5.91 Å². The molecule has 1 heterocycles. The average Bonchev–Trinajstić information content (AvgIpc) is 2.80. The predicted octanol–water partition coefficient (Wildman–Crippen LogP) is 0.858. The summed E-state index contributed by atoms with van der Waals surface area (Å²) in [4.78, 5) is 36.8. The molecule has 1 aromatic rings. The fourth-order valence-electron chi connectivity index (χ4n) is 2.59. The molecule has 128 valence electrons. The SMILES string of the molecule is COC(=O)CN1C(=O)C(O)=C(C(C)=O)[C@@H]1c1ccc(O)c(OC)c1. The van der Waals surface area contributed by atoms with Crippen LogP contribution in [0.4, 0.5) is 0 Å². The van der Waals surface area contributed by atoms with E-state index in [1.807, 2.05) is 0 Å². The maximum atomic E-state index is 12.3. The number of carbonyl (C=O) groups excluding carboxylic acids is 3. The van der Waals surface area contributed by atoms with Crippen molar-refractivity contribution in [2.24, 2.45) is 0 Å². The van der Waals surface area contributed by atoms with Crippen molar-refractivity contribution in [1.29, 1.82) is 0 Å². The molecule has 24 heavy (non-hydrogen) atoms. The lowest BCUT2D eigenvalue weighted by Gasteiger charge is -2.25. The van der Waals surface area contributed by atoms with Gasteiger partial charge in [-0.3, -0.25) is 14.4 Å². The van der Waals surface area contributed by atoms with Crippen LogP contribution in [0, 0.1) is 0 Å². The molecule has 0 aliphatic carbocycles. The fourth-order valence-corrected chi connectivity index (χ4v) is 2.59. The molecule has 8 nitrogen and oxygen atoms in total. The zero-order valence-electron chi connectivity index (χ0n) is 13.4. The molecule has 1 amide bonds. The summed E-state index contributed by atoms with van der Waals surface area (Å²) in [5, 5.41) is 19.7. The third kappa shape index (κ3) is 2.90. The number of benzene rings is 1. The average molecular weight is 335 g/mol. The van der Waals surface area contributed by atoms with Gasteiger partial charge in [0, 0.05) is 0 Å². The highest BCUT2D eigenvalue weighted by molar-refractivity contribution is 6.08. The molecule has 1 aromatic carbocycles. The Kier molecular flexibility index (Phi) is 4.77. The first-order valence-corrected chi connectivity index (χ1v) is 7.00. The van der Waals surface area contributed by atoms with Crippen LogP contribution in [-0.4, -0.2) is 53.5 Å². The number of phenolic OH excluding ortho intramolecular Hbond substituents is 1. The molecule has 0 unspecified atom stereocenters. The van der Waals surface area contributed by atoms with Crippen LogP contribution in [0.5, 0.6) is 11.5 Å². The van der Waals surface area contributed by atoms with Gasteiger partial charge in [-0.25, -0.2) is 0 Å². The molecule has 1 aliphatic rings. The van der Waals surface area contributed by atoms with Gasteiger partial charge in [-0.15, -0.1) is 0 Å². The van der Waals surface area contributed by atoms with Gasteiger partial charge >= 0.3 is 5.97 Å². The largest absolute Gasteiger partial charge is 0.504 e. The summed E-state index contributed by atoms with van der Waals surface area (Å²) in [5.74, 6) is -2.75. The minimum absolute atomic E-state index is 0.123. The van der Waals surface area contributed by atoms with Gasteiger partial charge in [-0.1, -0.05) is 6.07 Å². The Morgan fingerprint density at radius 1 is 1.25 bits per heavy atom. The minimum atomic E-state index is -0.983. The zero-order chi connectivity index (χ0) is 18.0. The number of phenols is 1. The number of hydrogen-bond donors (Lipinski definition) is 2. The second-order valence-electron chi connectivity index (χ2n) is 5.16. The Hall–Kier alpha value is -3.03. The van der Waals surface area contributed by atoms with Gasteiger partial charge < -0.3 is 24.6 Å². The lowest BCUT2D eigenvalue weighted by atomic mass is 9.96. The van der Waals surface area contributed by atoms with E-state index in [0.29, 0.717) is 5.56 Å². The van der Waals surface area contributed by atoms with Crippen LogP contribution in [0.3, 0.4) is 0 Å². The highest BCUT2D eigenvalue weighted by atomic mass is 16.5. The molecular weight excluding hydrogens is 318 g/mol. The number of Topliss-reactive ketones (excluding diaryl/α,β-unsaturated/α-hetero) is 1. The summed E-state index contributed by atoms with van der Waals surface area (Å²) in [7, 11) is 2.52. The van der Waals surface area contributed by atoms with E-state index < -0.39 is 36.0 Å². The van der Waals surface area contributed by atoms with E-state index in [1.54, 1.807) is 0 Å². The molecule has 0 bridgehead atoms. The Bertz CT molecular complexity index is 738. The standard InChI is InChI=1S/C16H17NO7/c1-8(18)13-14(9-4-5-10(19)11(6-9)23-2)17(7-12(20)24-3)16(22)15(13)21/h4-6,14,19,21H,7H2,1-3H3/t14-/m0/s1. The Labute approximate surface area is 137 Å². The van der Waals surface area contributed by atoms with Crippen LogP contribution in [0.15, 0.2) is 29.5 Å². The summed E-state index contributed by atoms with van der Waals surface area (Å²) < 4.78 is 9.58. The number of ether oxygens (including phenoxy) is 2. The van der Waals surface area contributed by atoms with Crippen molar-refractivity contribution in [2.75, 3.05) is 20.8 Å². The van der Waals surface area contributed by atoms with Crippen molar-refractivity contribution in [1.82, 2.24) is 4.90 Å². The van der Waals surface area contributed by atoms with Gasteiger partial charge in [0.1, 0.15) is 6.54 Å². The van der Waals surface area contributed by atoms with Crippen molar-refractivity contribution in [3.8, 4) is 11.5 Å². The number of hydrogen-bond acceptors (Lipinski definition) is 7. The van der Waals surface area contributed by atoms with E-state index in [2.05, 4.69) is 4.74 Å². The number of aliphatic hydroxyl groups excluding tert-OH is 1. The number of aromatic hydroxyl groups is 1. The van der Waals surface area contributed by atoms with Gasteiger partial charge in [-0.05, 0) is 24.6 Å².